The molecule has 2 unspecified atom stereocenters. The van der Waals surface area contributed by atoms with Gasteiger partial charge in [-0.15, -0.1) is 0 Å². The zero-order chi connectivity index (χ0) is 52.5. The predicted octanol–water partition coefficient (Wildman–Crippen LogP) is 17.4. The second kappa shape index (κ2) is 17.3. The van der Waals surface area contributed by atoms with Gasteiger partial charge in [0.1, 0.15) is 5.84 Å². The summed E-state index contributed by atoms with van der Waals surface area (Å²) in [6.45, 7) is 4.72. The Kier molecular flexibility index (Phi) is 9.89. The molecule has 0 saturated carbocycles. The summed E-state index contributed by atoms with van der Waals surface area (Å²) < 4.78 is 7.48. The highest BCUT2D eigenvalue weighted by atomic mass is 15.3. The van der Waals surface area contributed by atoms with Crippen molar-refractivity contribution in [1.82, 2.24) is 18.6 Å². The monoisotopic (exact) mass is 1020 g/mol. The number of allylic oxidation sites excluding steroid dienone is 4. The lowest BCUT2D eigenvalue weighted by molar-refractivity contribution is 0.383. The lowest BCUT2D eigenvalue weighted by Gasteiger charge is -2.32. The molecule has 2 aliphatic heterocycles. The normalized spacial score (nSPS) is 17.1. The summed E-state index contributed by atoms with van der Waals surface area (Å²) >= 11 is 0. The van der Waals surface area contributed by atoms with Crippen molar-refractivity contribution < 1.29 is 0 Å². The third-order valence-corrected chi connectivity index (χ3v) is 17.1. The number of fused-ring (bicyclic) bond motifs is 14. The molecule has 7 heteroatoms. The molecule has 2 atom stereocenters. The van der Waals surface area contributed by atoms with Gasteiger partial charge in [-0.05, 0) is 128 Å². The summed E-state index contributed by atoms with van der Waals surface area (Å²) in [5, 5.41) is 7.30. The van der Waals surface area contributed by atoms with Crippen LogP contribution in [0.25, 0.3) is 82.5 Å². The molecule has 0 N–H and O–H groups in total. The number of nitrogens with zero attached hydrogens (tertiary/aromatic N) is 7. The summed E-state index contributed by atoms with van der Waals surface area (Å²) in [4.78, 5) is 15.5. The molecule has 0 saturated heterocycles. The second-order valence-electron chi connectivity index (χ2n) is 21.6. The molecule has 0 bridgehead atoms. The van der Waals surface area contributed by atoms with E-state index in [4.69, 9.17) is 9.98 Å². The maximum absolute atomic E-state index is 5.48. The van der Waals surface area contributed by atoms with Crippen LogP contribution in [0.5, 0.6) is 0 Å². The van der Waals surface area contributed by atoms with Gasteiger partial charge in [0, 0.05) is 84.4 Å². The van der Waals surface area contributed by atoms with Crippen molar-refractivity contribution in [2.24, 2.45) is 9.98 Å². The standard InChI is InChI=1S/C72H53N7/c1-46-43-62-66(55-44-49(36-39-59(55)76(62)50-27-13-6-14-28-50)71-74-69(47-23-9-4-10-24-47)73-70(75(71)3)48-25-11-5-12-26-48)68-64(46)56-45-53(37-40-60(56)78(68)51-29-15-7-16-30-51)77-58-34-20-19-33-54(58)65-61(77)41-38-57-67(65)79(52-31-17-8-18-32-52)63-35-21-22-42-72(57,63)2/h4-41,43-45,71H,42H2,1-3H3. The number of benzene rings is 10. The number of aryl methyl sites for hydroxylation is 1. The predicted molar refractivity (Wildman–Crippen MR) is 328 cm³/mol. The highest BCUT2D eigenvalue weighted by molar-refractivity contribution is 6.28. The molecule has 3 aliphatic rings. The molecule has 7 nitrogen and oxygen atoms in total. The number of amidine groups is 2. The van der Waals surface area contributed by atoms with Gasteiger partial charge in [-0.3, -0.25) is 0 Å². The van der Waals surface area contributed by atoms with E-state index < -0.39 is 0 Å². The van der Waals surface area contributed by atoms with E-state index in [1.807, 2.05) is 6.07 Å². The molecule has 13 aromatic rings. The van der Waals surface area contributed by atoms with Crippen molar-refractivity contribution in [3.63, 3.8) is 0 Å². The third kappa shape index (κ3) is 6.60. The first-order chi connectivity index (χ1) is 38.9. The fourth-order valence-corrected chi connectivity index (χ4v) is 13.6. The molecule has 0 fully saturated rings. The molecular weight excluding hydrogens is 963 g/mol. The molecule has 1 aliphatic carbocycles. The van der Waals surface area contributed by atoms with Crippen molar-refractivity contribution in [1.29, 1.82) is 0 Å². The molecule has 3 aromatic heterocycles. The number of rotatable bonds is 7. The van der Waals surface area contributed by atoms with Crippen LogP contribution in [0.4, 0.5) is 11.4 Å². The molecular formula is C72H53N7. The van der Waals surface area contributed by atoms with Crippen LogP contribution in [0.1, 0.15) is 47.3 Å². The molecule has 79 heavy (non-hydrogen) atoms. The van der Waals surface area contributed by atoms with Gasteiger partial charge >= 0.3 is 0 Å². The summed E-state index contributed by atoms with van der Waals surface area (Å²) in [6, 6.07) is 83.9. The van der Waals surface area contributed by atoms with Crippen LogP contribution in [-0.4, -0.2) is 37.3 Å². The average Bonchev–Trinajstić information content (AvgIpc) is 3.87. The maximum atomic E-state index is 5.48. The minimum atomic E-state index is -0.349. The average molecular weight is 1020 g/mol. The Bertz CT molecular complexity index is 4770. The Hall–Kier alpha value is -9.98. The Balaban J connectivity index is 0.972. The lowest BCUT2D eigenvalue weighted by Crippen LogP contribution is -2.35. The first-order valence-electron chi connectivity index (χ1n) is 27.4. The summed E-state index contributed by atoms with van der Waals surface area (Å²) in [5.41, 5.74) is 19.6. The van der Waals surface area contributed by atoms with Crippen LogP contribution in [0.2, 0.25) is 0 Å². The molecule has 5 heterocycles. The number of anilines is 2. The summed E-state index contributed by atoms with van der Waals surface area (Å²) in [6.07, 6.45) is 7.49. The second-order valence-corrected chi connectivity index (χ2v) is 21.6. The van der Waals surface area contributed by atoms with Gasteiger partial charge < -0.3 is 23.5 Å². The van der Waals surface area contributed by atoms with Gasteiger partial charge in [-0.2, -0.15) is 0 Å². The van der Waals surface area contributed by atoms with Gasteiger partial charge in [-0.1, -0.05) is 158 Å². The first kappa shape index (κ1) is 45.2. The smallest absolute Gasteiger partial charge is 0.159 e. The number of aromatic nitrogens is 3. The van der Waals surface area contributed by atoms with E-state index in [0.717, 1.165) is 73.8 Å². The molecule has 376 valence electrons. The van der Waals surface area contributed by atoms with Crippen molar-refractivity contribution in [3.8, 4) is 17.1 Å². The van der Waals surface area contributed by atoms with Gasteiger partial charge in [-0.25, -0.2) is 9.98 Å². The van der Waals surface area contributed by atoms with Gasteiger partial charge in [0.25, 0.3) is 0 Å². The molecule has 0 spiro atoms. The van der Waals surface area contributed by atoms with Crippen molar-refractivity contribution in [2.75, 3.05) is 11.9 Å². The molecule has 10 aromatic carbocycles. The number of hydrogen-bond acceptors (Lipinski definition) is 4. The quantitative estimate of drug-likeness (QED) is 0.160. The van der Waals surface area contributed by atoms with Crippen molar-refractivity contribution >= 4 is 88.5 Å². The Morgan fingerprint density at radius 1 is 0.481 bits per heavy atom. The van der Waals surface area contributed by atoms with E-state index >= 15 is 0 Å². The largest absolute Gasteiger partial charge is 0.333 e. The van der Waals surface area contributed by atoms with Crippen LogP contribution in [0.3, 0.4) is 0 Å². The zero-order valence-corrected chi connectivity index (χ0v) is 44.1. The summed E-state index contributed by atoms with van der Waals surface area (Å²) in [7, 11) is 2.12. The zero-order valence-electron chi connectivity index (χ0n) is 44.1. The molecule has 0 amide bonds. The highest BCUT2D eigenvalue weighted by Gasteiger charge is 2.46. The first-order valence-corrected chi connectivity index (χ1v) is 27.4. The topological polar surface area (TPSA) is 46.0 Å². The van der Waals surface area contributed by atoms with E-state index in [9.17, 15) is 0 Å². The van der Waals surface area contributed by atoms with E-state index in [1.165, 1.54) is 71.7 Å². The van der Waals surface area contributed by atoms with Gasteiger partial charge in [0.15, 0.2) is 12.0 Å². The number of para-hydroxylation sites is 4. The number of aliphatic imine (C=N–C) groups is 2. The minimum absolute atomic E-state index is 0.160. The van der Waals surface area contributed by atoms with Gasteiger partial charge in [0.05, 0.1) is 38.8 Å². The van der Waals surface area contributed by atoms with E-state index in [1.54, 1.807) is 0 Å². The van der Waals surface area contributed by atoms with E-state index in [2.05, 4.69) is 287 Å². The fraction of sp³-hybridized carbons (Fsp3) is 0.0833. The van der Waals surface area contributed by atoms with Crippen molar-refractivity contribution in [2.45, 2.75) is 31.8 Å². The van der Waals surface area contributed by atoms with Crippen LogP contribution in [0, 0.1) is 6.92 Å². The SMILES string of the molecule is Cc1cc2c(c3cc(C4N=C(c5ccccc5)N=C(c5ccccc5)N4C)ccc3n2-c2ccccc2)c2c1c1cc(-n3c4ccccc4c4c5c(ccc43)C3(C)CC=CC=C3N5c3ccccc3)ccc1n2-c1ccccc1. The highest BCUT2D eigenvalue weighted by Crippen LogP contribution is 2.58. The molecule has 0 radical (unpaired) electrons. The van der Waals surface area contributed by atoms with E-state index in [0.29, 0.717) is 0 Å². The number of hydrogen-bond donors (Lipinski definition) is 0. The fourth-order valence-electron chi connectivity index (χ4n) is 13.6. The van der Waals surface area contributed by atoms with Gasteiger partial charge in [0.2, 0.25) is 0 Å². The Labute approximate surface area is 457 Å². The Morgan fingerprint density at radius 3 is 1.80 bits per heavy atom. The Morgan fingerprint density at radius 2 is 1.06 bits per heavy atom. The third-order valence-electron chi connectivity index (χ3n) is 17.1. The maximum Gasteiger partial charge on any atom is 0.159 e. The summed E-state index contributed by atoms with van der Waals surface area (Å²) in [5.74, 6) is 1.60. The lowest BCUT2D eigenvalue weighted by atomic mass is 9.76. The van der Waals surface area contributed by atoms with Crippen LogP contribution >= 0.6 is 0 Å². The molecule has 16 rings (SSSR count). The van der Waals surface area contributed by atoms with Crippen LogP contribution < -0.4 is 4.90 Å². The van der Waals surface area contributed by atoms with Crippen molar-refractivity contribution in [3.05, 3.63) is 282 Å². The van der Waals surface area contributed by atoms with Crippen LogP contribution in [0.15, 0.2) is 264 Å². The van der Waals surface area contributed by atoms with E-state index in [-0.39, 0.29) is 11.6 Å². The van der Waals surface area contributed by atoms with Crippen LogP contribution in [-0.2, 0) is 5.41 Å². The minimum Gasteiger partial charge on any atom is -0.333 e.